The Balaban J connectivity index is 0.000000195. The van der Waals surface area contributed by atoms with E-state index in [1.807, 2.05) is 12.1 Å². The summed E-state index contributed by atoms with van der Waals surface area (Å²) in [5, 5.41) is 9.06. The van der Waals surface area contributed by atoms with Gasteiger partial charge in [-0.15, -0.1) is 0 Å². The van der Waals surface area contributed by atoms with E-state index in [2.05, 4.69) is 6.58 Å². The highest BCUT2D eigenvalue weighted by molar-refractivity contribution is 5.93. The summed E-state index contributed by atoms with van der Waals surface area (Å²) < 4.78 is 10.1. The Morgan fingerprint density at radius 1 is 1.27 bits per heavy atom. The molecule has 0 radical (unpaired) electrons. The number of methoxy groups -OCH3 is 2. The largest absolute Gasteiger partial charge is 0.492 e. The van der Waals surface area contributed by atoms with Gasteiger partial charge in [0, 0.05) is 11.1 Å². The van der Waals surface area contributed by atoms with Gasteiger partial charge in [0.1, 0.15) is 0 Å². The van der Waals surface area contributed by atoms with Crippen LogP contribution in [0.2, 0.25) is 0 Å². The van der Waals surface area contributed by atoms with Crippen LogP contribution in [0.15, 0.2) is 24.9 Å². The molecule has 5 heteroatoms. The molecule has 0 atom stereocenters. The molecule has 80 valence electrons. The molecular weight excluding hydrogens is 198 g/mol. The number of hydrogen-bond donors (Lipinski definition) is 0. The first-order valence-electron chi connectivity index (χ1n) is 4.17. The third-order valence-corrected chi connectivity index (χ3v) is 1.96. The molecular formula is C10H11NO4. The average Bonchev–Trinajstić information content (AvgIpc) is 2.21. The van der Waals surface area contributed by atoms with Crippen molar-refractivity contribution in [2.24, 2.45) is 0 Å². The molecule has 15 heavy (non-hydrogen) atoms. The van der Waals surface area contributed by atoms with Gasteiger partial charge in [0.05, 0.1) is 19.1 Å². The van der Waals surface area contributed by atoms with E-state index in [-0.39, 0.29) is 0 Å². The van der Waals surface area contributed by atoms with Crippen molar-refractivity contribution in [2.75, 3.05) is 14.2 Å². The van der Waals surface area contributed by atoms with Crippen molar-refractivity contribution < 1.29 is 14.4 Å². The molecule has 0 saturated heterocycles. The topological polar surface area (TPSA) is 61.6 Å². The molecule has 0 amide bonds. The van der Waals surface area contributed by atoms with Gasteiger partial charge in [-0.05, 0) is 18.7 Å². The van der Waals surface area contributed by atoms with E-state index < -0.39 is 4.92 Å². The van der Waals surface area contributed by atoms with Crippen molar-refractivity contribution >= 4 is 0 Å². The van der Waals surface area contributed by atoms with E-state index in [4.69, 9.17) is 19.6 Å². The van der Waals surface area contributed by atoms with Crippen LogP contribution in [0.5, 0.6) is 11.5 Å². The molecule has 0 spiro atoms. The predicted molar refractivity (Wildman–Crippen MR) is 55.7 cm³/mol. The minimum absolute atomic E-state index is 0.611. The van der Waals surface area contributed by atoms with Crippen LogP contribution in [-0.4, -0.2) is 19.1 Å². The van der Waals surface area contributed by atoms with Crippen molar-refractivity contribution in [2.45, 2.75) is 0 Å². The Hall–Kier alpha value is -2.04. The quantitative estimate of drug-likeness (QED) is 0.573. The van der Waals surface area contributed by atoms with E-state index >= 15 is 0 Å². The molecule has 2 aliphatic carbocycles. The molecule has 0 aliphatic heterocycles. The number of ether oxygens (including phenoxy) is 2. The lowest BCUT2D eigenvalue weighted by Crippen LogP contribution is -2.03. The SMILES string of the molecule is C=C[N+](=O)[O-].COc1c2ccc-2c1OC. The summed E-state index contributed by atoms with van der Waals surface area (Å²) in [4.78, 5) is 8.44. The van der Waals surface area contributed by atoms with Crippen molar-refractivity contribution in [3.63, 3.8) is 0 Å². The van der Waals surface area contributed by atoms with Crippen LogP contribution in [0.25, 0.3) is 11.1 Å². The summed E-state index contributed by atoms with van der Waals surface area (Å²) in [5.41, 5.74) is 2.39. The molecule has 0 aromatic carbocycles. The highest BCUT2D eigenvalue weighted by Crippen LogP contribution is 2.54. The molecule has 5 nitrogen and oxygen atoms in total. The summed E-state index contributed by atoms with van der Waals surface area (Å²) in [6.45, 7) is 2.86. The van der Waals surface area contributed by atoms with Gasteiger partial charge in [-0.2, -0.15) is 0 Å². The van der Waals surface area contributed by atoms with Crippen LogP contribution in [-0.2, 0) is 0 Å². The Kier molecular flexibility index (Phi) is 3.28. The zero-order valence-corrected chi connectivity index (χ0v) is 8.52. The fourth-order valence-electron chi connectivity index (χ4n) is 1.23. The second-order valence-corrected chi connectivity index (χ2v) is 2.70. The van der Waals surface area contributed by atoms with E-state index in [1.54, 1.807) is 14.2 Å². The number of nitro groups is 1. The third kappa shape index (κ3) is 1.90. The first kappa shape index (κ1) is 11.0. The Bertz CT molecular complexity index is 372. The average molecular weight is 209 g/mol. The fraction of sp³-hybridized carbons (Fsp3) is 0.200. The zero-order chi connectivity index (χ0) is 11.4. The number of hydrogen-bond acceptors (Lipinski definition) is 4. The molecule has 0 heterocycles. The van der Waals surface area contributed by atoms with Crippen molar-refractivity contribution in [1.29, 1.82) is 0 Å². The zero-order valence-electron chi connectivity index (χ0n) is 8.52. The maximum absolute atomic E-state index is 9.06. The second kappa shape index (κ2) is 4.45. The summed E-state index contributed by atoms with van der Waals surface area (Å²) >= 11 is 0. The van der Waals surface area contributed by atoms with E-state index in [9.17, 15) is 0 Å². The van der Waals surface area contributed by atoms with Crippen LogP contribution in [0.3, 0.4) is 0 Å². The maximum atomic E-state index is 9.06. The van der Waals surface area contributed by atoms with Gasteiger partial charge < -0.3 is 9.47 Å². The van der Waals surface area contributed by atoms with Crippen LogP contribution >= 0.6 is 0 Å². The smallest absolute Gasteiger partial charge is 0.227 e. The highest BCUT2D eigenvalue weighted by atomic mass is 16.6. The van der Waals surface area contributed by atoms with Gasteiger partial charge >= 0.3 is 0 Å². The molecule has 0 aromatic rings. The van der Waals surface area contributed by atoms with E-state index in [0.29, 0.717) is 6.20 Å². The number of benzene rings is 1. The maximum Gasteiger partial charge on any atom is 0.227 e. The number of nitrogens with zero attached hydrogens (tertiary/aromatic N) is 1. The molecule has 0 fully saturated rings. The molecule has 0 bridgehead atoms. The molecule has 0 saturated carbocycles. The van der Waals surface area contributed by atoms with Gasteiger partial charge in [0.15, 0.2) is 11.5 Å². The van der Waals surface area contributed by atoms with Gasteiger partial charge in [0.25, 0.3) is 0 Å². The minimum Gasteiger partial charge on any atom is -0.492 e. The first-order chi connectivity index (χ1) is 7.15. The lowest BCUT2D eigenvalue weighted by Gasteiger charge is -2.24. The Morgan fingerprint density at radius 2 is 1.60 bits per heavy atom. The van der Waals surface area contributed by atoms with Gasteiger partial charge in [-0.25, -0.2) is 0 Å². The Labute approximate surface area is 87.1 Å². The summed E-state index contributed by atoms with van der Waals surface area (Å²) in [6, 6.07) is 4.05. The van der Waals surface area contributed by atoms with Crippen LogP contribution in [0.4, 0.5) is 0 Å². The predicted octanol–water partition coefficient (Wildman–Crippen LogP) is 2.09. The van der Waals surface area contributed by atoms with E-state index in [0.717, 1.165) is 11.5 Å². The fourth-order valence-corrected chi connectivity index (χ4v) is 1.23. The number of rotatable bonds is 3. The Morgan fingerprint density at radius 3 is 1.73 bits per heavy atom. The van der Waals surface area contributed by atoms with Gasteiger partial charge in [-0.1, -0.05) is 0 Å². The standard InChI is InChI=1S/C8H8O2.C2H3NO2/c1-9-7-5-3-4-6(5)8(7)10-2;1-2-3(4)5/h3-4H,1-2H3;2H,1H2. The molecule has 0 unspecified atom stereocenters. The highest BCUT2D eigenvalue weighted by Gasteiger charge is 2.27. The van der Waals surface area contributed by atoms with Crippen LogP contribution in [0, 0.1) is 10.1 Å². The molecule has 2 aliphatic rings. The van der Waals surface area contributed by atoms with Gasteiger partial charge in [-0.3, -0.25) is 10.1 Å². The molecule has 0 N–H and O–H groups in total. The summed E-state index contributed by atoms with van der Waals surface area (Å²) in [6.07, 6.45) is 0.639. The normalized spacial score (nSPS) is 9.47. The van der Waals surface area contributed by atoms with Crippen molar-refractivity contribution in [3.8, 4) is 22.6 Å². The third-order valence-electron chi connectivity index (χ3n) is 1.96. The lowest BCUT2D eigenvalue weighted by molar-refractivity contribution is -0.401. The van der Waals surface area contributed by atoms with Crippen molar-refractivity contribution in [3.05, 3.63) is 35.0 Å². The van der Waals surface area contributed by atoms with Crippen LogP contribution < -0.4 is 9.47 Å². The molecule has 0 aromatic heterocycles. The first-order valence-corrected chi connectivity index (χ1v) is 4.17. The van der Waals surface area contributed by atoms with Crippen LogP contribution in [0.1, 0.15) is 0 Å². The summed E-state index contributed by atoms with van der Waals surface area (Å²) in [7, 11) is 3.31. The van der Waals surface area contributed by atoms with Gasteiger partial charge in [0.2, 0.25) is 6.20 Å². The monoisotopic (exact) mass is 209 g/mol. The van der Waals surface area contributed by atoms with E-state index in [1.165, 1.54) is 11.1 Å². The lowest BCUT2D eigenvalue weighted by atomic mass is 9.90. The minimum atomic E-state index is -0.611. The second-order valence-electron chi connectivity index (χ2n) is 2.70. The summed E-state index contributed by atoms with van der Waals surface area (Å²) in [5.74, 6) is 1.78. The number of fused-ring (bicyclic) bond motifs is 1. The van der Waals surface area contributed by atoms with Crippen molar-refractivity contribution in [1.82, 2.24) is 0 Å². The molecule has 2 rings (SSSR count).